The highest BCUT2D eigenvalue weighted by Crippen LogP contribution is 2.26. The molecule has 2 N–H and O–H groups in total. The number of halogens is 2. The fourth-order valence-corrected chi connectivity index (χ4v) is 3.75. The average molecular weight is 491 g/mol. The van der Waals surface area contributed by atoms with Gasteiger partial charge < -0.3 is 20.1 Å². The summed E-state index contributed by atoms with van der Waals surface area (Å²) in [6, 6.07) is 11.6. The predicted molar refractivity (Wildman–Crippen MR) is 131 cm³/mol. The van der Waals surface area contributed by atoms with Crippen LogP contribution in [-0.2, 0) is 22.6 Å². The highest BCUT2D eigenvalue weighted by Gasteiger charge is 2.27. The number of hydrogen-bond acceptors (Lipinski definition) is 7. The van der Waals surface area contributed by atoms with E-state index >= 15 is 0 Å². The maximum atomic E-state index is 12.3. The first-order valence-corrected chi connectivity index (χ1v) is 11.2. The second kappa shape index (κ2) is 11.2. The molecule has 0 bridgehead atoms. The molecule has 7 nitrogen and oxygen atoms in total. The number of methoxy groups -OCH3 is 1. The second-order valence-corrected chi connectivity index (χ2v) is 8.21. The Morgan fingerprint density at radius 1 is 1.00 bits per heavy atom. The van der Waals surface area contributed by atoms with E-state index < -0.39 is 22.9 Å². The van der Waals surface area contributed by atoms with Crippen LogP contribution in [-0.4, -0.2) is 25.7 Å². The summed E-state index contributed by atoms with van der Waals surface area (Å²) in [6.45, 7) is 2.70. The third-order valence-corrected chi connectivity index (χ3v) is 5.78. The van der Waals surface area contributed by atoms with Gasteiger partial charge in [0.05, 0.1) is 7.11 Å². The molecule has 9 heteroatoms. The number of carbonyl (C=O) groups excluding carboxylic acids is 1. The van der Waals surface area contributed by atoms with Gasteiger partial charge >= 0.3 is 5.97 Å². The van der Waals surface area contributed by atoms with Crippen molar-refractivity contribution in [1.82, 2.24) is 0 Å². The van der Waals surface area contributed by atoms with Gasteiger partial charge in [0.25, 0.3) is 10.9 Å². The lowest BCUT2D eigenvalue weighted by Gasteiger charge is -2.21. The van der Waals surface area contributed by atoms with Crippen molar-refractivity contribution in [2.75, 3.05) is 24.3 Å². The molecule has 0 aliphatic heterocycles. The molecule has 0 unspecified atom stereocenters. The second-order valence-electron chi connectivity index (χ2n) is 7.39. The fourth-order valence-electron chi connectivity index (χ4n) is 3.24. The summed E-state index contributed by atoms with van der Waals surface area (Å²) in [6.07, 6.45) is 1.03. The lowest BCUT2D eigenvalue weighted by atomic mass is 10.0. The molecule has 0 aliphatic rings. The Morgan fingerprint density at radius 2 is 1.64 bits per heavy atom. The molecule has 3 aromatic carbocycles. The normalized spacial score (nSPS) is 11.8. The Morgan fingerprint density at radius 3 is 2.24 bits per heavy atom. The number of carbonyl (C=O) groups is 1. The number of nitrogens with one attached hydrogen (secondary N) is 2. The molecular formula is C24H24Cl2N2O5. The molecule has 3 aromatic rings. The van der Waals surface area contributed by atoms with Crippen molar-refractivity contribution in [1.29, 1.82) is 0 Å². The third-order valence-electron chi connectivity index (χ3n) is 5.07. The van der Waals surface area contributed by atoms with E-state index in [-0.39, 0.29) is 24.4 Å². The minimum Gasteiger partial charge on any atom is -0.489 e. The maximum absolute atomic E-state index is 12.3. The van der Waals surface area contributed by atoms with Crippen LogP contribution in [0.15, 0.2) is 52.1 Å². The molecule has 33 heavy (non-hydrogen) atoms. The van der Waals surface area contributed by atoms with Gasteiger partial charge in [0.2, 0.25) is 0 Å². The van der Waals surface area contributed by atoms with Crippen LogP contribution < -0.4 is 26.2 Å². The van der Waals surface area contributed by atoms with Crippen molar-refractivity contribution < 1.29 is 14.3 Å². The predicted octanol–water partition coefficient (Wildman–Crippen LogP) is 4.19. The number of esters is 1. The van der Waals surface area contributed by atoms with E-state index in [0.29, 0.717) is 27.9 Å². The molecular weight excluding hydrogens is 467 g/mol. The molecule has 174 valence electrons. The van der Waals surface area contributed by atoms with Gasteiger partial charge in [-0.15, -0.1) is 0 Å². The first-order valence-electron chi connectivity index (χ1n) is 10.4. The Kier molecular flexibility index (Phi) is 8.36. The summed E-state index contributed by atoms with van der Waals surface area (Å²) in [5.74, 6) is 0.0593. The number of anilines is 2. The van der Waals surface area contributed by atoms with Crippen LogP contribution in [0.5, 0.6) is 5.75 Å². The number of hydrogen-bond donors (Lipinski definition) is 2. The first-order chi connectivity index (χ1) is 15.8. The summed E-state index contributed by atoms with van der Waals surface area (Å²) in [5.41, 5.74) is 0.584. The zero-order chi connectivity index (χ0) is 24.0. The SMILES string of the molecule is CCCNc1c(N[C@@H](Cc2ccc(OCc3c(Cl)cccc3Cl)cc2)C(=O)OC)c(=O)c1=O. The molecule has 0 amide bonds. The van der Waals surface area contributed by atoms with E-state index in [4.69, 9.17) is 32.7 Å². The van der Waals surface area contributed by atoms with Crippen molar-refractivity contribution in [3.05, 3.63) is 84.1 Å². The Hall–Kier alpha value is -3.03. The molecule has 3 rings (SSSR count). The quantitative estimate of drug-likeness (QED) is 0.307. The lowest BCUT2D eigenvalue weighted by Crippen LogP contribution is -2.42. The standard InChI is InChI=1S/C24H24Cl2N2O5/c1-3-11-27-20-21(23(30)22(20)29)28-19(24(31)32-2)12-14-7-9-15(10-8-14)33-13-16-17(25)5-4-6-18(16)26/h4-10,19,27-28H,3,11-13H2,1-2H3/t19-/m0/s1. The van der Waals surface area contributed by atoms with Crippen LogP contribution in [0.25, 0.3) is 0 Å². The number of ether oxygens (including phenoxy) is 2. The van der Waals surface area contributed by atoms with Gasteiger partial charge in [-0.3, -0.25) is 9.59 Å². The molecule has 0 radical (unpaired) electrons. The number of rotatable bonds is 11. The number of benzene rings is 2. The van der Waals surface area contributed by atoms with Gasteiger partial charge in [-0.05, 0) is 36.2 Å². The van der Waals surface area contributed by atoms with Gasteiger partial charge in [0.15, 0.2) is 0 Å². The molecule has 0 fully saturated rings. The molecule has 0 aliphatic carbocycles. The van der Waals surface area contributed by atoms with Gasteiger partial charge in [-0.1, -0.05) is 48.3 Å². The summed E-state index contributed by atoms with van der Waals surface area (Å²) < 4.78 is 10.7. The highest BCUT2D eigenvalue weighted by atomic mass is 35.5. The summed E-state index contributed by atoms with van der Waals surface area (Å²) in [4.78, 5) is 36.2. The Bertz CT molecular complexity index is 1170. The lowest BCUT2D eigenvalue weighted by molar-refractivity contribution is -0.141. The molecule has 0 spiro atoms. The van der Waals surface area contributed by atoms with Gasteiger partial charge in [0.1, 0.15) is 29.8 Å². The van der Waals surface area contributed by atoms with E-state index in [1.54, 1.807) is 42.5 Å². The summed E-state index contributed by atoms with van der Waals surface area (Å²) >= 11 is 12.3. The van der Waals surface area contributed by atoms with E-state index in [1.807, 2.05) is 6.92 Å². The maximum Gasteiger partial charge on any atom is 0.328 e. The minimum atomic E-state index is -0.839. The first kappa shape index (κ1) is 24.6. The fraction of sp³-hybridized carbons (Fsp3) is 0.292. The van der Waals surface area contributed by atoms with Gasteiger partial charge in [-0.2, -0.15) is 0 Å². The largest absolute Gasteiger partial charge is 0.489 e. The smallest absolute Gasteiger partial charge is 0.328 e. The topological polar surface area (TPSA) is 93.7 Å². The van der Waals surface area contributed by atoms with Crippen LogP contribution >= 0.6 is 23.2 Å². The molecule has 0 saturated carbocycles. The third kappa shape index (κ3) is 5.86. The van der Waals surface area contributed by atoms with E-state index in [1.165, 1.54) is 7.11 Å². The van der Waals surface area contributed by atoms with Gasteiger partial charge in [0, 0.05) is 28.6 Å². The Labute approximate surface area is 201 Å². The van der Waals surface area contributed by atoms with Crippen LogP contribution in [0.1, 0.15) is 24.5 Å². The van der Waals surface area contributed by atoms with Crippen molar-refractivity contribution >= 4 is 40.5 Å². The zero-order valence-corrected chi connectivity index (χ0v) is 19.8. The van der Waals surface area contributed by atoms with E-state index in [2.05, 4.69) is 10.6 Å². The van der Waals surface area contributed by atoms with Crippen LogP contribution in [0.2, 0.25) is 10.0 Å². The Balaban J connectivity index is 1.68. The summed E-state index contributed by atoms with van der Waals surface area (Å²) in [5, 5.41) is 6.85. The van der Waals surface area contributed by atoms with Crippen molar-refractivity contribution in [2.24, 2.45) is 0 Å². The van der Waals surface area contributed by atoms with Crippen LogP contribution in [0, 0.1) is 0 Å². The van der Waals surface area contributed by atoms with Crippen LogP contribution in [0.4, 0.5) is 11.4 Å². The zero-order valence-electron chi connectivity index (χ0n) is 18.2. The molecule has 1 atom stereocenters. The van der Waals surface area contributed by atoms with E-state index in [9.17, 15) is 14.4 Å². The van der Waals surface area contributed by atoms with Crippen molar-refractivity contribution in [2.45, 2.75) is 32.4 Å². The monoisotopic (exact) mass is 490 g/mol. The molecule has 0 aromatic heterocycles. The van der Waals surface area contributed by atoms with Crippen molar-refractivity contribution in [3.8, 4) is 5.75 Å². The minimum absolute atomic E-state index is 0.112. The van der Waals surface area contributed by atoms with Crippen molar-refractivity contribution in [3.63, 3.8) is 0 Å². The van der Waals surface area contributed by atoms with Gasteiger partial charge in [-0.25, -0.2) is 4.79 Å². The highest BCUT2D eigenvalue weighted by molar-refractivity contribution is 6.35. The van der Waals surface area contributed by atoms with E-state index in [0.717, 1.165) is 12.0 Å². The van der Waals surface area contributed by atoms with Crippen LogP contribution in [0.3, 0.4) is 0 Å². The average Bonchev–Trinajstić information content (AvgIpc) is 2.82. The summed E-state index contributed by atoms with van der Waals surface area (Å²) in [7, 11) is 1.27. The molecule has 0 heterocycles. The molecule has 0 saturated heterocycles.